The third kappa shape index (κ3) is 1.99. The second-order valence-electron chi connectivity index (χ2n) is 5.73. The molecule has 2 N–H and O–H groups in total. The second-order valence-corrected chi connectivity index (χ2v) is 5.73. The summed E-state index contributed by atoms with van der Waals surface area (Å²) in [7, 11) is 0. The summed E-state index contributed by atoms with van der Waals surface area (Å²) in [6, 6.07) is 7.71. The van der Waals surface area contributed by atoms with Gasteiger partial charge in [-0.15, -0.1) is 0 Å². The van der Waals surface area contributed by atoms with Gasteiger partial charge in [-0.05, 0) is 25.8 Å². The Hall–Kier alpha value is -2.63. The number of benzene rings is 1. The van der Waals surface area contributed by atoms with Crippen LogP contribution in [0.1, 0.15) is 40.9 Å². The van der Waals surface area contributed by atoms with Crippen molar-refractivity contribution in [2.75, 3.05) is 6.54 Å². The molecule has 3 aromatic rings. The molecule has 1 atom stereocenters. The highest BCUT2D eigenvalue weighted by molar-refractivity contribution is 6.04. The smallest absolute Gasteiger partial charge is 0.275 e. The zero-order chi connectivity index (χ0) is 15.1. The molecule has 2 aromatic heterocycles. The number of nitrogens with zero attached hydrogens (tertiary/aromatic N) is 3. The maximum absolute atomic E-state index is 12.9. The van der Waals surface area contributed by atoms with Crippen molar-refractivity contribution in [2.45, 2.75) is 25.8 Å². The van der Waals surface area contributed by atoms with Gasteiger partial charge in [0.2, 0.25) is 0 Å². The minimum absolute atomic E-state index is 0.0108. The van der Waals surface area contributed by atoms with Crippen LogP contribution in [0.2, 0.25) is 0 Å². The summed E-state index contributed by atoms with van der Waals surface area (Å²) >= 11 is 0. The molecule has 1 aliphatic rings. The fourth-order valence-corrected chi connectivity index (χ4v) is 3.16. The third-order valence-electron chi connectivity index (χ3n) is 4.22. The van der Waals surface area contributed by atoms with E-state index in [-0.39, 0.29) is 11.9 Å². The van der Waals surface area contributed by atoms with E-state index in [2.05, 4.69) is 20.2 Å². The van der Waals surface area contributed by atoms with E-state index >= 15 is 0 Å². The number of fused-ring (bicyclic) bond motifs is 1. The van der Waals surface area contributed by atoms with Gasteiger partial charge in [0.1, 0.15) is 5.82 Å². The molecule has 0 saturated carbocycles. The summed E-state index contributed by atoms with van der Waals surface area (Å²) in [5.74, 6) is 0.831. The van der Waals surface area contributed by atoms with Crippen molar-refractivity contribution < 1.29 is 4.79 Å². The molecular weight excluding hydrogens is 278 g/mol. The van der Waals surface area contributed by atoms with E-state index in [1.807, 2.05) is 36.1 Å². The van der Waals surface area contributed by atoms with Crippen molar-refractivity contribution in [3.63, 3.8) is 0 Å². The van der Waals surface area contributed by atoms with Crippen molar-refractivity contribution >= 4 is 16.8 Å². The molecule has 3 heterocycles. The number of carbonyl (C=O) groups is 1. The number of likely N-dealkylation sites (tertiary alicyclic amines) is 1. The second kappa shape index (κ2) is 4.98. The summed E-state index contributed by atoms with van der Waals surface area (Å²) < 4.78 is 0. The minimum Gasteiger partial charge on any atom is -0.344 e. The molecule has 1 saturated heterocycles. The Balaban J connectivity index is 1.69. The predicted molar refractivity (Wildman–Crippen MR) is 82.4 cm³/mol. The minimum atomic E-state index is -0.0333. The molecule has 0 radical (unpaired) electrons. The molecule has 22 heavy (non-hydrogen) atoms. The highest BCUT2D eigenvalue weighted by atomic mass is 16.2. The van der Waals surface area contributed by atoms with Crippen molar-refractivity contribution in [1.82, 2.24) is 25.1 Å². The quantitative estimate of drug-likeness (QED) is 0.762. The van der Waals surface area contributed by atoms with Gasteiger partial charge in [-0.1, -0.05) is 18.2 Å². The lowest BCUT2D eigenvalue weighted by Crippen LogP contribution is -2.31. The topological polar surface area (TPSA) is 77.7 Å². The average Bonchev–Trinajstić information content (AvgIpc) is 3.25. The summed E-state index contributed by atoms with van der Waals surface area (Å²) in [4.78, 5) is 22.4. The fourth-order valence-electron chi connectivity index (χ4n) is 3.16. The first-order chi connectivity index (χ1) is 10.7. The molecule has 1 fully saturated rings. The van der Waals surface area contributed by atoms with Crippen LogP contribution >= 0.6 is 0 Å². The lowest BCUT2D eigenvalue weighted by Gasteiger charge is -2.22. The van der Waals surface area contributed by atoms with Gasteiger partial charge in [-0.3, -0.25) is 9.89 Å². The van der Waals surface area contributed by atoms with E-state index in [0.29, 0.717) is 5.69 Å². The molecule has 1 aromatic carbocycles. The Morgan fingerprint density at radius 3 is 3.05 bits per heavy atom. The van der Waals surface area contributed by atoms with E-state index < -0.39 is 0 Å². The number of para-hydroxylation sites is 1. The van der Waals surface area contributed by atoms with Crippen molar-refractivity contribution in [2.24, 2.45) is 0 Å². The first-order valence-electron chi connectivity index (χ1n) is 7.49. The van der Waals surface area contributed by atoms with Crippen LogP contribution in [0.3, 0.4) is 0 Å². The summed E-state index contributed by atoms with van der Waals surface area (Å²) in [6.45, 7) is 2.71. The first kappa shape index (κ1) is 13.1. The van der Waals surface area contributed by atoms with Gasteiger partial charge in [0.15, 0.2) is 5.69 Å². The van der Waals surface area contributed by atoms with Crippen LogP contribution in [-0.4, -0.2) is 37.5 Å². The maximum atomic E-state index is 12.9. The molecule has 0 spiro atoms. The fraction of sp³-hybridized carbons (Fsp3) is 0.312. The summed E-state index contributed by atoms with van der Waals surface area (Å²) in [6.07, 6.45) is 3.72. The molecule has 1 aliphatic heterocycles. The van der Waals surface area contributed by atoms with Crippen LogP contribution < -0.4 is 0 Å². The number of hydrogen-bond acceptors (Lipinski definition) is 3. The van der Waals surface area contributed by atoms with E-state index in [1.54, 1.807) is 6.20 Å². The zero-order valence-electron chi connectivity index (χ0n) is 12.3. The summed E-state index contributed by atoms with van der Waals surface area (Å²) in [5, 5.41) is 8.03. The van der Waals surface area contributed by atoms with Gasteiger partial charge in [-0.2, -0.15) is 5.10 Å². The number of amides is 1. The van der Waals surface area contributed by atoms with Gasteiger partial charge in [0.05, 0.1) is 11.6 Å². The van der Waals surface area contributed by atoms with Gasteiger partial charge in [0, 0.05) is 23.8 Å². The van der Waals surface area contributed by atoms with Crippen molar-refractivity contribution in [3.8, 4) is 0 Å². The molecule has 0 bridgehead atoms. The number of rotatable bonds is 2. The summed E-state index contributed by atoms with van der Waals surface area (Å²) in [5.41, 5.74) is 2.39. The van der Waals surface area contributed by atoms with Gasteiger partial charge < -0.3 is 9.88 Å². The molecule has 1 unspecified atom stereocenters. The highest BCUT2D eigenvalue weighted by Crippen LogP contribution is 2.32. The van der Waals surface area contributed by atoms with E-state index in [4.69, 9.17) is 0 Å². The third-order valence-corrected chi connectivity index (χ3v) is 4.22. The normalized spacial score (nSPS) is 18.2. The number of H-pyrrole nitrogens is 2. The SMILES string of the molecule is Cc1cnc(C2CCCN2C(=O)c2n[nH]c3ccccc23)[nH]1. The number of aromatic nitrogens is 4. The Labute approximate surface area is 127 Å². The number of hydrogen-bond donors (Lipinski definition) is 2. The highest BCUT2D eigenvalue weighted by Gasteiger charge is 2.34. The monoisotopic (exact) mass is 295 g/mol. The number of carbonyl (C=O) groups excluding carboxylic acids is 1. The van der Waals surface area contributed by atoms with Crippen LogP contribution in [0, 0.1) is 6.92 Å². The molecule has 6 nitrogen and oxygen atoms in total. The Kier molecular flexibility index (Phi) is 2.96. The lowest BCUT2D eigenvalue weighted by atomic mass is 10.1. The number of aromatic amines is 2. The van der Waals surface area contributed by atoms with E-state index in [0.717, 1.165) is 41.8 Å². The van der Waals surface area contributed by atoms with E-state index in [1.165, 1.54) is 0 Å². The molecule has 0 aliphatic carbocycles. The largest absolute Gasteiger partial charge is 0.344 e. The first-order valence-corrected chi connectivity index (χ1v) is 7.49. The van der Waals surface area contributed by atoms with Gasteiger partial charge >= 0.3 is 0 Å². The van der Waals surface area contributed by atoms with Crippen LogP contribution in [0.4, 0.5) is 0 Å². The lowest BCUT2D eigenvalue weighted by molar-refractivity contribution is 0.0726. The van der Waals surface area contributed by atoms with Gasteiger partial charge in [0.25, 0.3) is 5.91 Å². The number of nitrogens with one attached hydrogen (secondary N) is 2. The molecule has 1 amide bonds. The van der Waals surface area contributed by atoms with Crippen LogP contribution in [-0.2, 0) is 0 Å². The van der Waals surface area contributed by atoms with Crippen molar-refractivity contribution in [3.05, 3.63) is 47.7 Å². The maximum Gasteiger partial charge on any atom is 0.275 e. The standard InChI is InChI=1S/C16H17N5O/c1-10-9-17-15(18-10)13-7-4-8-21(13)16(22)14-11-5-2-3-6-12(11)19-20-14/h2-3,5-6,9,13H,4,7-8H2,1H3,(H,17,18)(H,19,20). The van der Waals surface area contributed by atoms with E-state index in [9.17, 15) is 4.79 Å². The Morgan fingerprint density at radius 1 is 1.36 bits per heavy atom. The van der Waals surface area contributed by atoms with Crippen LogP contribution in [0.15, 0.2) is 30.5 Å². The number of aryl methyl sites for hydroxylation is 1. The Morgan fingerprint density at radius 2 is 2.23 bits per heavy atom. The van der Waals surface area contributed by atoms with Gasteiger partial charge in [-0.25, -0.2) is 4.98 Å². The molecule has 6 heteroatoms. The molecular formula is C16H17N5O. The van der Waals surface area contributed by atoms with Crippen LogP contribution in [0.5, 0.6) is 0 Å². The number of imidazole rings is 1. The molecule has 4 rings (SSSR count). The van der Waals surface area contributed by atoms with Crippen LogP contribution in [0.25, 0.3) is 10.9 Å². The average molecular weight is 295 g/mol. The predicted octanol–water partition coefficient (Wildman–Crippen LogP) is 2.57. The van der Waals surface area contributed by atoms with Crippen molar-refractivity contribution in [1.29, 1.82) is 0 Å². The Bertz CT molecular complexity index is 834. The molecule has 112 valence electrons. The zero-order valence-corrected chi connectivity index (χ0v) is 12.3.